The fraction of sp³-hybridized carbons (Fsp3) is 0.389. The predicted molar refractivity (Wildman–Crippen MR) is 103 cm³/mol. The van der Waals surface area contributed by atoms with Crippen LogP contribution in [0.1, 0.15) is 0 Å². The van der Waals surface area contributed by atoms with E-state index in [0.717, 1.165) is 0 Å². The number of benzene rings is 1. The molecule has 1 amide bonds. The molecule has 1 atom stereocenters. The number of rotatable bonds is 4. The summed E-state index contributed by atoms with van der Waals surface area (Å²) >= 11 is 0. The maximum atomic E-state index is 14.7. The van der Waals surface area contributed by atoms with E-state index in [0.29, 0.717) is 30.3 Å². The zero-order valence-corrected chi connectivity index (χ0v) is 16.2. The molecule has 2 saturated heterocycles. The Kier molecular flexibility index (Phi) is 5.09. The van der Waals surface area contributed by atoms with Gasteiger partial charge in [0.25, 0.3) is 0 Å². The van der Waals surface area contributed by atoms with Crippen molar-refractivity contribution in [3.8, 4) is 11.1 Å². The summed E-state index contributed by atoms with van der Waals surface area (Å²) in [5, 5.41) is 9.11. The van der Waals surface area contributed by atoms with Gasteiger partial charge in [-0.25, -0.2) is 27.6 Å². The molecule has 0 saturated carbocycles. The van der Waals surface area contributed by atoms with Crippen molar-refractivity contribution in [2.24, 2.45) is 0 Å². The number of amides is 1. The number of hydrogen-bond acceptors (Lipinski definition) is 8. The first-order valence-electron chi connectivity index (χ1n) is 9.02. The molecule has 1 aromatic carbocycles. The second kappa shape index (κ2) is 7.56. The number of ether oxygens (including phenoxy) is 1. The summed E-state index contributed by atoms with van der Waals surface area (Å²) in [4.78, 5) is 23.4. The number of sulfone groups is 1. The smallest absolute Gasteiger partial charge is 0.414 e. The van der Waals surface area contributed by atoms with Crippen molar-refractivity contribution in [1.29, 1.82) is 0 Å². The zero-order chi connectivity index (χ0) is 20.6. The van der Waals surface area contributed by atoms with Crippen LogP contribution < -0.4 is 9.80 Å². The number of hydrogen-bond donors (Lipinski definition) is 1. The number of carbonyl (C=O) groups excluding carboxylic acids is 1. The van der Waals surface area contributed by atoms with Gasteiger partial charge in [-0.05, 0) is 18.2 Å². The van der Waals surface area contributed by atoms with E-state index in [-0.39, 0.29) is 30.2 Å². The van der Waals surface area contributed by atoms with Gasteiger partial charge in [0.05, 0.1) is 30.3 Å². The third-order valence-corrected chi connectivity index (χ3v) is 6.53. The van der Waals surface area contributed by atoms with Crippen molar-refractivity contribution < 1.29 is 27.4 Å². The first-order valence-corrected chi connectivity index (χ1v) is 10.8. The second-order valence-electron chi connectivity index (χ2n) is 6.87. The molecular formula is C18H19FN4O5S. The largest absolute Gasteiger partial charge is 0.441 e. The number of anilines is 2. The average molecular weight is 422 g/mol. The van der Waals surface area contributed by atoms with Gasteiger partial charge in [0.2, 0.25) is 5.95 Å². The lowest BCUT2D eigenvalue weighted by Gasteiger charge is -2.26. The van der Waals surface area contributed by atoms with Crippen LogP contribution in [0.2, 0.25) is 0 Å². The Bertz CT molecular complexity index is 1020. The summed E-state index contributed by atoms with van der Waals surface area (Å²) in [6, 6.07) is 4.33. The van der Waals surface area contributed by atoms with Gasteiger partial charge < -0.3 is 14.7 Å². The van der Waals surface area contributed by atoms with Gasteiger partial charge in [-0.3, -0.25) is 4.90 Å². The topological polar surface area (TPSA) is 113 Å². The monoisotopic (exact) mass is 422 g/mol. The molecule has 154 valence electrons. The number of halogens is 1. The summed E-state index contributed by atoms with van der Waals surface area (Å²) in [5.74, 6) is -0.0344. The van der Waals surface area contributed by atoms with Crippen LogP contribution in [-0.4, -0.2) is 73.4 Å². The van der Waals surface area contributed by atoms with Crippen molar-refractivity contribution in [3.63, 3.8) is 0 Å². The third kappa shape index (κ3) is 4.01. The summed E-state index contributed by atoms with van der Waals surface area (Å²) < 4.78 is 42.7. The SMILES string of the molecule is O=C1O[C@@H](CO)CN1c1ccc(-c2cnc(N3CCS(=O)(=O)CC3)nc2)c(F)c1. The Morgan fingerprint density at radius 3 is 2.48 bits per heavy atom. The molecule has 0 aliphatic carbocycles. The molecule has 0 radical (unpaired) electrons. The Labute approximate surface area is 166 Å². The minimum atomic E-state index is -3.00. The van der Waals surface area contributed by atoms with Gasteiger partial charge in [0.15, 0.2) is 9.84 Å². The normalized spacial score (nSPS) is 21.3. The quantitative estimate of drug-likeness (QED) is 0.771. The Hall–Kier alpha value is -2.79. The number of cyclic esters (lactones) is 1. The zero-order valence-electron chi connectivity index (χ0n) is 15.4. The fourth-order valence-corrected chi connectivity index (χ4v) is 4.47. The van der Waals surface area contributed by atoms with Gasteiger partial charge in [0.1, 0.15) is 11.9 Å². The lowest BCUT2D eigenvalue weighted by atomic mass is 10.1. The number of aliphatic hydroxyl groups is 1. The van der Waals surface area contributed by atoms with Crippen molar-refractivity contribution in [2.45, 2.75) is 6.10 Å². The lowest BCUT2D eigenvalue weighted by Crippen LogP contribution is -2.41. The van der Waals surface area contributed by atoms with E-state index in [4.69, 9.17) is 9.84 Å². The third-order valence-electron chi connectivity index (χ3n) is 4.92. The van der Waals surface area contributed by atoms with E-state index in [9.17, 15) is 17.6 Å². The molecule has 2 aliphatic heterocycles. The van der Waals surface area contributed by atoms with E-state index < -0.39 is 27.9 Å². The summed E-state index contributed by atoms with van der Waals surface area (Å²) in [6.45, 7) is 0.504. The van der Waals surface area contributed by atoms with E-state index in [1.165, 1.54) is 29.4 Å². The van der Waals surface area contributed by atoms with Crippen LogP contribution in [-0.2, 0) is 14.6 Å². The highest BCUT2D eigenvalue weighted by Crippen LogP contribution is 2.29. The molecule has 0 unspecified atom stereocenters. The second-order valence-corrected chi connectivity index (χ2v) is 9.18. The van der Waals surface area contributed by atoms with Crippen LogP contribution >= 0.6 is 0 Å². The van der Waals surface area contributed by atoms with E-state index >= 15 is 0 Å². The highest BCUT2D eigenvalue weighted by molar-refractivity contribution is 7.91. The molecule has 0 spiro atoms. The lowest BCUT2D eigenvalue weighted by molar-refractivity contribution is 0.0963. The van der Waals surface area contributed by atoms with Crippen molar-refractivity contribution in [2.75, 3.05) is 47.5 Å². The van der Waals surface area contributed by atoms with Gasteiger partial charge in [-0.1, -0.05) is 0 Å². The molecule has 11 heteroatoms. The molecular weight excluding hydrogens is 403 g/mol. The minimum absolute atomic E-state index is 0.0598. The van der Waals surface area contributed by atoms with Crippen LogP contribution in [0.25, 0.3) is 11.1 Å². The van der Waals surface area contributed by atoms with Gasteiger partial charge >= 0.3 is 6.09 Å². The highest BCUT2D eigenvalue weighted by atomic mass is 32.2. The van der Waals surface area contributed by atoms with Gasteiger partial charge in [-0.2, -0.15) is 0 Å². The maximum absolute atomic E-state index is 14.7. The molecule has 1 N–H and O–H groups in total. The maximum Gasteiger partial charge on any atom is 0.414 e. The number of aromatic nitrogens is 2. The van der Waals surface area contributed by atoms with Crippen molar-refractivity contribution in [1.82, 2.24) is 9.97 Å². The van der Waals surface area contributed by atoms with E-state index in [2.05, 4.69) is 9.97 Å². The standard InChI is InChI=1S/C18H19FN4O5S/c19-16-7-13(23-10-14(11-24)28-18(23)25)1-2-15(16)12-8-20-17(21-9-12)22-3-5-29(26,27)6-4-22/h1-2,7-9,14,24H,3-6,10-11H2/t14-/m1/s1. The minimum Gasteiger partial charge on any atom is -0.441 e. The van der Waals surface area contributed by atoms with Crippen LogP contribution in [0.3, 0.4) is 0 Å². The Morgan fingerprint density at radius 1 is 1.21 bits per heavy atom. The molecule has 1 aromatic heterocycles. The number of aliphatic hydroxyl groups excluding tert-OH is 1. The predicted octanol–water partition coefficient (Wildman–Crippen LogP) is 0.835. The van der Waals surface area contributed by atoms with Gasteiger partial charge in [0, 0.05) is 36.6 Å². The first kappa shape index (κ1) is 19.5. The Balaban J connectivity index is 1.51. The molecule has 0 bridgehead atoms. The molecule has 2 fully saturated rings. The van der Waals surface area contributed by atoms with Crippen LogP contribution in [0, 0.1) is 5.82 Å². The molecule has 9 nitrogen and oxygen atoms in total. The van der Waals surface area contributed by atoms with Crippen LogP contribution in [0.5, 0.6) is 0 Å². The summed E-state index contributed by atoms with van der Waals surface area (Å²) in [6.07, 6.45) is 1.70. The number of nitrogens with zero attached hydrogens (tertiary/aromatic N) is 4. The van der Waals surface area contributed by atoms with Gasteiger partial charge in [-0.15, -0.1) is 0 Å². The van der Waals surface area contributed by atoms with Crippen molar-refractivity contribution in [3.05, 3.63) is 36.4 Å². The summed E-state index contributed by atoms with van der Waals surface area (Å²) in [7, 11) is -3.00. The van der Waals surface area contributed by atoms with E-state index in [1.54, 1.807) is 11.0 Å². The molecule has 2 aliphatic rings. The Morgan fingerprint density at radius 2 is 1.90 bits per heavy atom. The molecule has 4 rings (SSSR count). The van der Waals surface area contributed by atoms with Crippen LogP contribution in [0.4, 0.5) is 20.8 Å². The first-order chi connectivity index (χ1) is 13.9. The van der Waals surface area contributed by atoms with Crippen LogP contribution in [0.15, 0.2) is 30.6 Å². The highest BCUT2D eigenvalue weighted by Gasteiger charge is 2.32. The molecule has 3 heterocycles. The average Bonchev–Trinajstić information content (AvgIpc) is 3.09. The number of carbonyl (C=O) groups is 1. The van der Waals surface area contributed by atoms with Crippen molar-refractivity contribution >= 4 is 27.6 Å². The molecule has 29 heavy (non-hydrogen) atoms. The molecule has 2 aromatic rings. The fourth-order valence-electron chi connectivity index (χ4n) is 3.27. The van der Waals surface area contributed by atoms with E-state index in [1.807, 2.05) is 0 Å². The summed E-state index contributed by atoms with van der Waals surface area (Å²) in [5.41, 5.74) is 1.06.